The highest BCUT2D eigenvalue weighted by Gasteiger charge is 2.36. The van der Waals surface area contributed by atoms with Gasteiger partial charge in [-0.05, 0) is 36.5 Å². The zero-order chi connectivity index (χ0) is 31.0. The third-order valence-electron chi connectivity index (χ3n) is 6.50. The lowest BCUT2D eigenvalue weighted by Crippen LogP contribution is -2.30. The molecule has 0 spiro atoms. The summed E-state index contributed by atoms with van der Waals surface area (Å²) in [7, 11) is 0. The quantitative estimate of drug-likeness (QED) is 0.191. The van der Waals surface area contributed by atoms with Gasteiger partial charge in [0.25, 0.3) is 5.95 Å². The lowest BCUT2D eigenvalue weighted by molar-refractivity contribution is -0.0470. The molecule has 0 amide bonds. The normalized spacial score (nSPS) is 19.4. The van der Waals surface area contributed by atoms with E-state index in [0.29, 0.717) is 46.2 Å². The fourth-order valence-corrected chi connectivity index (χ4v) is 5.08. The summed E-state index contributed by atoms with van der Waals surface area (Å²) in [6.07, 6.45) is 1.76. The summed E-state index contributed by atoms with van der Waals surface area (Å²) in [6.45, 7) is 22.4. The highest BCUT2D eigenvalue weighted by molar-refractivity contribution is 5.92. The molecule has 2 aromatic heterocycles. The molecule has 3 atom stereocenters. The summed E-state index contributed by atoms with van der Waals surface area (Å²) < 4.78 is 7.58. The maximum Gasteiger partial charge on any atom is 0.254 e. The topological polar surface area (TPSA) is 124 Å². The van der Waals surface area contributed by atoms with Crippen molar-refractivity contribution in [1.29, 1.82) is 0 Å². The summed E-state index contributed by atoms with van der Waals surface area (Å²) in [5, 5.41) is 25.5. The molecule has 2 N–H and O–H groups in total. The number of nitrogens with zero attached hydrogens (tertiary/aromatic N) is 8. The first-order chi connectivity index (χ1) is 19.9. The van der Waals surface area contributed by atoms with Crippen LogP contribution in [-0.4, -0.2) is 97.4 Å². The van der Waals surface area contributed by atoms with Gasteiger partial charge in [-0.3, -0.25) is 0 Å². The van der Waals surface area contributed by atoms with Crippen molar-refractivity contribution in [3.05, 3.63) is 5.69 Å². The molecule has 1 aliphatic rings. The number of aliphatic hydroxyl groups is 2. The van der Waals surface area contributed by atoms with Gasteiger partial charge in [-0.2, -0.15) is 15.1 Å². The minimum absolute atomic E-state index is 0.251. The molecule has 0 aromatic carbocycles. The van der Waals surface area contributed by atoms with Crippen LogP contribution in [0.2, 0.25) is 0 Å². The van der Waals surface area contributed by atoms with Gasteiger partial charge >= 0.3 is 0 Å². The second kappa shape index (κ2) is 15.4. The number of aliphatic imine (C=N–C) groups is 2. The van der Waals surface area contributed by atoms with Crippen LogP contribution in [0.3, 0.4) is 0 Å². The number of fused-ring (bicyclic) bond motifs is 1. The van der Waals surface area contributed by atoms with Crippen molar-refractivity contribution in [1.82, 2.24) is 29.5 Å². The molecular weight excluding hydrogens is 532 g/mol. The SMILES string of the molecule is CC#Cc1nn(C2CC(O)C(CO)O2)c2nc(N=CN(CC(C)C)CC(C)C)nc(N=CN(CC(C)C)CC(C)C)c12. The minimum atomic E-state index is -0.821. The fraction of sp³-hybridized carbons (Fsp3) is 0.710. The van der Waals surface area contributed by atoms with Crippen molar-refractivity contribution in [2.75, 3.05) is 32.8 Å². The van der Waals surface area contributed by atoms with Gasteiger partial charge in [-0.25, -0.2) is 14.7 Å². The highest BCUT2D eigenvalue weighted by Crippen LogP contribution is 2.35. The predicted molar refractivity (Wildman–Crippen MR) is 168 cm³/mol. The van der Waals surface area contributed by atoms with Crippen LogP contribution in [-0.2, 0) is 4.74 Å². The van der Waals surface area contributed by atoms with E-state index >= 15 is 0 Å². The van der Waals surface area contributed by atoms with E-state index in [-0.39, 0.29) is 19.0 Å². The summed E-state index contributed by atoms with van der Waals surface area (Å²) in [5.74, 6) is 8.53. The van der Waals surface area contributed by atoms with Gasteiger partial charge in [0, 0.05) is 32.6 Å². The molecule has 0 aliphatic carbocycles. The predicted octanol–water partition coefficient (Wildman–Crippen LogP) is 4.39. The second-order valence-electron chi connectivity index (χ2n) is 12.8. The third-order valence-corrected chi connectivity index (χ3v) is 6.50. The molecule has 1 aliphatic heterocycles. The van der Waals surface area contributed by atoms with Crippen molar-refractivity contribution in [3.63, 3.8) is 0 Å². The number of aliphatic hydroxyl groups excluding tert-OH is 2. The molecule has 1 fully saturated rings. The Morgan fingerprint density at radius 3 is 1.95 bits per heavy atom. The van der Waals surface area contributed by atoms with Gasteiger partial charge < -0.3 is 24.7 Å². The average Bonchev–Trinajstić information content (AvgIpc) is 3.44. The van der Waals surface area contributed by atoms with Crippen molar-refractivity contribution in [2.45, 2.75) is 87.2 Å². The van der Waals surface area contributed by atoms with Gasteiger partial charge in [0.15, 0.2) is 17.7 Å². The van der Waals surface area contributed by atoms with E-state index in [1.807, 2.05) is 12.7 Å². The zero-order valence-corrected chi connectivity index (χ0v) is 26.8. The number of rotatable bonds is 14. The molecule has 42 heavy (non-hydrogen) atoms. The van der Waals surface area contributed by atoms with Crippen LogP contribution in [0.1, 0.15) is 80.7 Å². The Kier molecular flexibility index (Phi) is 12.3. The van der Waals surface area contributed by atoms with E-state index in [2.05, 4.69) is 77.0 Å². The van der Waals surface area contributed by atoms with E-state index in [4.69, 9.17) is 29.8 Å². The van der Waals surface area contributed by atoms with E-state index < -0.39 is 18.4 Å². The van der Waals surface area contributed by atoms with Crippen LogP contribution in [0.25, 0.3) is 11.0 Å². The maximum absolute atomic E-state index is 10.4. The van der Waals surface area contributed by atoms with Crippen molar-refractivity contribution in [2.24, 2.45) is 33.7 Å². The molecule has 0 bridgehead atoms. The van der Waals surface area contributed by atoms with Crippen LogP contribution in [0.4, 0.5) is 11.8 Å². The lowest BCUT2D eigenvalue weighted by atomic mass is 10.1. The van der Waals surface area contributed by atoms with Gasteiger partial charge in [0.1, 0.15) is 17.2 Å². The Morgan fingerprint density at radius 2 is 1.48 bits per heavy atom. The molecule has 1 saturated heterocycles. The van der Waals surface area contributed by atoms with Crippen LogP contribution in [0.15, 0.2) is 9.98 Å². The van der Waals surface area contributed by atoms with Crippen LogP contribution >= 0.6 is 0 Å². The molecule has 11 heteroatoms. The Hall–Kier alpha value is -3.07. The Balaban J connectivity index is 2.18. The summed E-state index contributed by atoms with van der Waals surface area (Å²) in [5.41, 5.74) is 0.942. The molecule has 3 rings (SSSR count). The number of hydrogen-bond acceptors (Lipinski definition) is 8. The largest absolute Gasteiger partial charge is 0.394 e. The standard InChI is InChI=1S/C31H50N8O3/c1-10-11-24-28-29(32-18-37(13-20(2)3)14-21(4)5)34-31(33-19-38(15-22(6)7)16-23(8)9)35-30(28)39(36-24)27-12-25(41)26(17-40)42-27/h18-23,25-27,40-41H,12-17H2,1-9H3. The van der Waals surface area contributed by atoms with Gasteiger partial charge in [0.05, 0.1) is 25.4 Å². The van der Waals surface area contributed by atoms with E-state index in [1.165, 1.54) is 0 Å². The highest BCUT2D eigenvalue weighted by atomic mass is 16.5. The maximum atomic E-state index is 10.4. The molecule has 0 radical (unpaired) electrons. The van der Waals surface area contributed by atoms with Crippen LogP contribution in [0.5, 0.6) is 0 Å². The molecule has 3 unspecified atom stereocenters. The minimum Gasteiger partial charge on any atom is -0.394 e. The summed E-state index contributed by atoms with van der Waals surface area (Å²) in [6, 6.07) is 0. The molecular formula is C31H50N8O3. The number of aromatic nitrogens is 4. The van der Waals surface area contributed by atoms with Crippen molar-refractivity contribution < 1.29 is 14.9 Å². The van der Waals surface area contributed by atoms with Crippen LogP contribution < -0.4 is 0 Å². The van der Waals surface area contributed by atoms with Gasteiger partial charge in [-0.15, -0.1) is 0 Å². The molecule has 0 saturated carbocycles. The molecule has 11 nitrogen and oxygen atoms in total. The van der Waals surface area contributed by atoms with E-state index in [9.17, 15) is 10.2 Å². The molecule has 232 valence electrons. The monoisotopic (exact) mass is 582 g/mol. The smallest absolute Gasteiger partial charge is 0.254 e. The van der Waals surface area contributed by atoms with E-state index in [1.54, 1.807) is 11.6 Å². The first-order valence-corrected chi connectivity index (χ1v) is 15.2. The fourth-order valence-electron chi connectivity index (χ4n) is 5.08. The van der Waals surface area contributed by atoms with Gasteiger partial charge in [0.2, 0.25) is 0 Å². The molecule has 2 aromatic rings. The number of hydrogen-bond donors (Lipinski definition) is 2. The van der Waals surface area contributed by atoms with Crippen molar-refractivity contribution in [3.8, 4) is 11.8 Å². The first kappa shape index (κ1) is 33.4. The first-order valence-electron chi connectivity index (χ1n) is 15.2. The molecule has 3 heterocycles. The Morgan fingerprint density at radius 1 is 0.929 bits per heavy atom. The van der Waals surface area contributed by atoms with E-state index in [0.717, 1.165) is 26.2 Å². The summed E-state index contributed by atoms with van der Waals surface area (Å²) >= 11 is 0. The number of ether oxygens (including phenoxy) is 1. The third kappa shape index (κ3) is 9.21. The van der Waals surface area contributed by atoms with Gasteiger partial charge in [-0.1, -0.05) is 61.3 Å². The summed E-state index contributed by atoms with van der Waals surface area (Å²) in [4.78, 5) is 23.5. The lowest BCUT2D eigenvalue weighted by Gasteiger charge is -2.23. The van der Waals surface area contributed by atoms with Crippen LogP contribution in [0, 0.1) is 35.5 Å². The van der Waals surface area contributed by atoms with Crippen molar-refractivity contribution >= 4 is 35.5 Å². The Bertz CT molecular complexity index is 1250. The zero-order valence-electron chi connectivity index (χ0n) is 26.8. The Labute approximate surface area is 251 Å². The second-order valence-corrected chi connectivity index (χ2v) is 12.8. The average molecular weight is 583 g/mol.